The second-order valence-corrected chi connectivity index (χ2v) is 5.85. The number of hydrogen-bond acceptors (Lipinski definition) is 4. The molecule has 0 bridgehead atoms. The summed E-state index contributed by atoms with van der Waals surface area (Å²) >= 11 is 0. The lowest BCUT2D eigenvalue weighted by molar-refractivity contribution is -0.384. The maximum atomic E-state index is 12.6. The standard InChI is InChI=1S/C18H18N2O4/c1-13(17-6-3-11-24-17)19(15-8-9-15)18(21)10-7-14-4-2-5-16(12-14)20(22)23/h2-7,10-13,15H,8-9H2,1H3/b10-7+. The molecule has 3 rings (SSSR count). The van der Waals surface area contributed by atoms with Crippen molar-refractivity contribution in [3.05, 3.63) is 70.2 Å². The zero-order chi connectivity index (χ0) is 17.1. The van der Waals surface area contributed by atoms with Gasteiger partial charge >= 0.3 is 0 Å². The Bertz CT molecular complexity index is 763. The first kappa shape index (κ1) is 16.0. The molecular weight excluding hydrogens is 308 g/mol. The number of hydrogen-bond donors (Lipinski definition) is 0. The van der Waals surface area contributed by atoms with E-state index in [0.717, 1.165) is 18.6 Å². The molecule has 6 heteroatoms. The van der Waals surface area contributed by atoms with E-state index in [0.29, 0.717) is 5.56 Å². The quantitative estimate of drug-likeness (QED) is 0.457. The fraction of sp³-hybridized carbons (Fsp3) is 0.278. The summed E-state index contributed by atoms with van der Waals surface area (Å²) in [4.78, 5) is 24.8. The van der Waals surface area contributed by atoms with E-state index in [1.807, 2.05) is 17.9 Å². The van der Waals surface area contributed by atoms with Gasteiger partial charge in [-0.05, 0) is 43.5 Å². The molecule has 0 radical (unpaired) electrons. The Morgan fingerprint density at radius 3 is 2.79 bits per heavy atom. The van der Waals surface area contributed by atoms with Crippen molar-refractivity contribution in [2.45, 2.75) is 31.8 Å². The fourth-order valence-corrected chi connectivity index (χ4v) is 2.70. The zero-order valence-electron chi connectivity index (χ0n) is 13.3. The third-order valence-electron chi connectivity index (χ3n) is 4.07. The van der Waals surface area contributed by atoms with Crippen molar-refractivity contribution in [1.82, 2.24) is 4.90 Å². The van der Waals surface area contributed by atoms with E-state index in [9.17, 15) is 14.9 Å². The van der Waals surface area contributed by atoms with Gasteiger partial charge in [-0.1, -0.05) is 12.1 Å². The normalized spacial score (nSPS) is 15.4. The number of nitrogens with zero attached hydrogens (tertiary/aromatic N) is 2. The van der Waals surface area contributed by atoms with Crippen LogP contribution >= 0.6 is 0 Å². The maximum absolute atomic E-state index is 12.6. The van der Waals surface area contributed by atoms with Crippen molar-refractivity contribution in [3.8, 4) is 0 Å². The highest BCUT2D eigenvalue weighted by Crippen LogP contribution is 2.34. The van der Waals surface area contributed by atoms with Gasteiger partial charge in [0.1, 0.15) is 5.76 Å². The first-order valence-electron chi connectivity index (χ1n) is 7.84. The van der Waals surface area contributed by atoms with Gasteiger partial charge in [0.15, 0.2) is 0 Å². The molecule has 1 amide bonds. The van der Waals surface area contributed by atoms with Crippen LogP contribution in [-0.2, 0) is 4.79 Å². The highest BCUT2D eigenvalue weighted by Gasteiger charge is 2.36. The number of non-ortho nitro benzene ring substituents is 1. The van der Waals surface area contributed by atoms with Gasteiger partial charge in [0, 0.05) is 24.3 Å². The van der Waals surface area contributed by atoms with Crippen molar-refractivity contribution in [2.24, 2.45) is 0 Å². The third kappa shape index (κ3) is 3.53. The number of carbonyl (C=O) groups is 1. The Morgan fingerprint density at radius 2 is 2.17 bits per heavy atom. The lowest BCUT2D eigenvalue weighted by atomic mass is 10.1. The third-order valence-corrected chi connectivity index (χ3v) is 4.07. The largest absolute Gasteiger partial charge is 0.467 e. The van der Waals surface area contributed by atoms with E-state index in [4.69, 9.17) is 4.42 Å². The minimum atomic E-state index is -0.450. The van der Waals surface area contributed by atoms with Crippen molar-refractivity contribution < 1.29 is 14.1 Å². The molecule has 1 heterocycles. The van der Waals surface area contributed by atoms with Crippen LogP contribution in [0.5, 0.6) is 0 Å². The van der Waals surface area contributed by atoms with Crippen LogP contribution in [0.15, 0.2) is 53.2 Å². The Labute approximate surface area is 139 Å². The van der Waals surface area contributed by atoms with Gasteiger partial charge in [-0.25, -0.2) is 0 Å². The predicted octanol–water partition coefficient (Wildman–Crippen LogP) is 3.95. The highest BCUT2D eigenvalue weighted by molar-refractivity contribution is 5.92. The summed E-state index contributed by atoms with van der Waals surface area (Å²) in [6.07, 6.45) is 6.65. The summed E-state index contributed by atoms with van der Waals surface area (Å²) in [6, 6.07) is 9.95. The SMILES string of the molecule is CC(c1ccco1)N(C(=O)/C=C/c1cccc([N+](=O)[O-])c1)C1CC1. The predicted molar refractivity (Wildman–Crippen MR) is 89.1 cm³/mol. The molecule has 1 unspecified atom stereocenters. The fourth-order valence-electron chi connectivity index (χ4n) is 2.70. The molecule has 124 valence electrons. The second kappa shape index (κ2) is 6.70. The number of carbonyl (C=O) groups excluding carboxylic acids is 1. The number of nitro groups is 1. The second-order valence-electron chi connectivity index (χ2n) is 5.85. The first-order chi connectivity index (χ1) is 11.6. The van der Waals surface area contributed by atoms with Gasteiger partial charge in [-0.2, -0.15) is 0 Å². The van der Waals surface area contributed by atoms with E-state index in [-0.39, 0.29) is 23.7 Å². The van der Waals surface area contributed by atoms with Crippen LogP contribution in [0.25, 0.3) is 6.08 Å². The summed E-state index contributed by atoms with van der Waals surface area (Å²) in [5, 5.41) is 10.8. The average Bonchev–Trinajstić information content (AvgIpc) is 3.25. The molecule has 1 aromatic carbocycles. The molecule has 2 aromatic rings. The molecule has 1 fully saturated rings. The molecule has 24 heavy (non-hydrogen) atoms. The van der Waals surface area contributed by atoms with E-state index >= 15 is 0 Å². The monoisotopic (exact) mass is 326 g/mol. The van der Waals surface area contributed by atoms with Crippen molar-refractivity contribution in [3.63, 3.8) is 0 Å². The van der Waals surface area contributed by atoms with E-state index in [2.05, 4.69) is 0 Å². The van der Waals surface area contributed by atoms with Gasteiger partial charge in [0.2, 0.25) is 5.91 Å². The van der Waals surface area contributed by atoms with Crippen LogP contribution in [0.2, 0.25) is 0 Å². The van der Waals surface area contributed by atoms with Crippen LogP contribution in [0.1, 0.15) is 37.1 Å². The Kier molecular flexibility index (Phi) is 4.46. The first-order valence-corrected chi connectivity index (χ1v) is 7.84. The summed E-state index contributed by atoms with van der Waals surface area (Å²) < 4.78 is 5.42. The topological polar surface area (TPSA) is 76.6 Å². The minimum Gasteiger partial charge on any atom is -0.467 e. The lowest BCUT2D eigenvalue weighted by Gasteiger charge is -2.26. The molecule has 0 saturated heterocycles. The van der Waals surface area contributed by atoms with Crippen LogP contribution in [-0.4, -0.2) is 21.8 Å². The van der Waals surface area contributed by atoms with Gasteiger partial charge in [-0.3, -0.25) is 14.9 Å². The van der Waals surface area contributed by atoms with Gasteiger partial charge in [-0.15, -0.1) is 0 Å². The smallest absolute Gasteiger partial charge is 0.270 e. The molecule has 0 spiro atoms. The van der Waals surface area contributed by atoms with Crippen LogP contribution in [0.3, 0.4) is 0 Å². The summed E-state index contributed by atoms with van der Waals surface area (Å²) in [6.45, 7) is 1.94. The summed E-state index contributed by atoms with van der Waals surface area (Å²) in [5.41, 5.74) is 0.631. The molecule has 1 aliphatic rings. The highest BCUT2D eigenvalue weighted by atomic mass is 16.6. The molecular formula is C18H18N2O4. The molecule has 0 N–H and O–H groups in total. The van der Waals surface area contributed by atoms with Crippen molar-refractivity contribution in [1.29, 1.82) is 0 Å². The maximum Gasteiger partial charge on any atom is 0.270 e. The van der Waals surface area contributed by atoms with Crippen LogP contribution < -0.4 is 0 Å². The molecule has 6 nitrogen and oxygen atoms in total. The molecule has 1 saturated carbocycles. The van der Waals surface area contributed by atoms with Gasteiger partial charge < -0.3 is 9.32 Å². The number of rotatable bonds is 6. The van der Waals surface area contributed by atoms with E-state index in [1.54, 1.807) is 30.5 Å². The summed E-state index contributed by atoms with van der Waals surface area (Å²) in [7, 11) is 0. The number of amides is 1. The minimum absolute atomic E-state index is 0.00704. The van der Waals surface area contributed by atoms with E-state index in [1.165, 1.54) is 18.2 Å². The Morgan fingerprint density at radius 1 is 1.38 bits per heavy atom. The molecule has 1 aromatic heterocycles. The summed E-state index contributed by atoms with van der Waals surface area (Å²) in [5.74, 6) is 0.631. The number of benzene rings is 1. The molecule has 0 aliphatic heterocycles. The van der Waals surface area contributed by atoms with Crippen LogP contribution in [0.4, 0.5) is 5.69 Å². The molecule has 1 atom stereocenters. The van der Waals surface area contributed by atoms with Crippen molar-refractivity contribution in [2.75, 3.05) is 0 Å². The Hall–Kier alpha value is -2.89. The number of furan rings is 1. The van der Waals surface area contributed by atoms with Gasteiger partial charge in [0.05, 0.1) is 17.2 Å². The van der Waals surface area contributed by atoms with Crippen LogP contribution in [0, 0.1) is 10.1 Å². The lowest BCUT2D eigenvalue weighted by Crippen LogP contribution is -2.34. The average molecular weight is 326 g/mol. The van der Waals surface area contributed by atoms with E-state index < -0.39 is 4.92 Å². The van der Waals surface area contributed by atoms with Crippen molar-refractivity contribution >= 4 is 17.7 Å². The zero-order valence-corrected chi connectivity index (χ0v) is 13.3. The molecule has 1 aliphatic carbocycles. The number of nitro benzene ring substituents is 1. The van der Waals surface area contributed by atoms with Gasteiger partial charge in [0.25, 0.3) is 5.69 Å². The Balaban J connectivity index is 1.76.